The summed E-state index contributed by atoms with van der Waals surface area (Å²) in [5.74, 6) is 0. The van der Waals surface area contributed by atoms with Gasteiger partial charge in [-0.05, 0) is 17.0 Å². The quantitative estimate of drug-likeness (QED) is 0.781. The van der Waals surface area contributed by atoms with E-state index < -0.39 is 10.0 Å². The predicted molar refractivity (Wildman–Crippen MR) is 76.3 cm³/mol. The summed E-state index contributed by atoms with van der Waals surface area (Å²) in [6, 6.07) is 2.11. The van der Waals surface area contributed by atoms with Crippen LogP contribution in [0.4, 0.5) is 0 Å². The fraction of sp³-hybridized carbons (Fsp3) is 0.500. The van der Waals surface area contributed by atoms with Crippen LogP contribution in [0.1, 0.15) is 19.4 Å². The van der Waals surface area contributed by atoms with Gasteiger partial charge in [0.15, 0.2) is 0 Å². The molecule has 18 heavy (non-hydrogen) atoms. The van der Waals surface area contributed by atoms with E-state index in [1.807, 2.05) is 5.38 Å². The lowest BCUT2D eigenvalue weighted by molar-refractivity contribution is 0.501. The molecule has 1 rings (SSSR count). The van der Waals surface area contributed by atoms with Crippen molar-refractivity contribution in [3.8, 4) is 0 Å². The summed E-state index contributed by atoms with van der Waals surface area (Å²) in [6.07, 6.45) is 1.58. The molecule has 6 heteroatoms. The van der Waals surface area contributed by atoms with Crippen molar-refractivity contribution >= 4 is 21.4 Å². The monoisotopic (exact) mass is 288 g/mol. The highest BCUT2D eigenvalue weighted by Crippen LogP contribution is 2.23. The zero-order valence-electron chi connectivity index (χ0n) is 11.0. The minimum Gasteiger partial charge on any atom is -0.310 e. The third-order valence-corrected chi connectivity index (χ3v) is 5.68. The highest BCUT2D eigenvalue weighted by atomic mass is 32.2. The highest BCUT2D eigenvalue weighted by Gasteiger charge is 2.21. The van der Waals surface area contributed by atoms with E-state index in [-0.39, 0.29) is 0 Å². The third-order valence-electron chi connectivity index (χ3n) is 2.39. The van der Waals surface area contributed by atoms with Gasteiger partial charge in [-0.2, -0.15) is 4.31 Å². The predicted octanol–water partition coefficient (Wildman–Crippen LogP) is 2.05. The second-order valence-corrected chi connectivity index (χ2v) is 7.57. The van der Waals surface area contributed by atoms with Crippen LogP contribution in [-0.2, 0) is 16.6 Å². The van der Waals surface area contributed by atoms with E-state index in [1.54, 1.807) is 19.2 Å². The maximum atomic E-state index is 12.1. The van der Waals surface area contributed by atoms with Gasteiger partial charge in [-0.25, -0.2) is 8.42 Å². The van der Waals surface area contributed by atoms with Crippen LogP contribution in [0.5, 0.6) is 0 Å². The molecular weight excluding hydrogens is 268 g/mol. The lowest BCUT2D eigenvalue weighted by atomic mass is 10.3. The van der Waals surface area contributed by atoms with Crippen LogP contribution >= 0.6 is 11.3 Å². The van der Waals surface area contributed by atoms with E-state index >= 15 is 0 Å². The van der Waals surface area contributed by atoms with Crippen LogP contribution in [0.3, 0.4) is 0 Å². The molecule has 0 aromatic carbocycles. The molecule has 0 spiro atoms. The molecular formula is C12H20N2O2S2. The molecule has 0 bridgehead atoms. The van der Waals surface area contributed by atoms with Crippen LogP contribution in [0, 0.1) is 0 Å². The van der Waals surface area contributed by atoms with Gasteiger partial charge >= 0.3 is 0 Å². The van der Waals surface area contributed by atoms with Crippen molar-refractivity contribution in [1.82, 2.24) is 9.62 Å². The average Bonchev–Trinajstić information content (AvgIpc) is 2.75. The molecule has 0 radical (unpaired) electrons. The molecule has 0 saturated heterocycles. The van der Waals surface area contributed by atoms with Gasteiger partial charge < -0.3 is 5.32 Å². The number of hydrogen-bond donors (Lipinski definition) is 1. The van der Waals surface area contributed by atoms with Crippen LogP contribution in [0.25, 0.3) is 0 Å². The van der Waals surface area contributed by atoms with Crippen molar-refractivity contribution in [3.63, 3.8) is 0 Å². The van der Waals surface area contributed by atoms with E-state index in [1.165, 1.54) is 15.6 Å². The maximum absolute atomic E-state index is 12.1. The normalized spacial score (nSPS) is 12.3. The fourth-order valence-electron chi connectivity index (χ4n) is 1.34. The average molecular weight is 288 g/mol. The first-order valence-corrected chi connectivity index (χ1v) is 8.08. The first-order valence-electron chi connectivity index (χ1n) is 5.76. The molecule has 102 valence electrons. The molecule has 0 amide bonds. The summed E-state index contributed by atoms with van der Waals surface area (Å²) >= 11 is 1.26. The van der Waals surface area contributed by atoms with Crippen molar-refractivity contribution in [2.75, 3.05) is 13.6 Å². The Morgan fingerprint density at radius 3 is 2.78 bits per heavy atom. The van der Waals surface area contributed by atoms with E-state index in [4.69, 9.17) is 0 Å². The maximum Gasteiger partial charge on any atom is 0.252 e. The van der Waals surface area contributed by atoms with E-state index in [9.17, 15) is 8.42 Å². The van der Waals surface area contributed by atoms with Crippen molar-refractivity contribution in [1.29, 1.82) is 0 Å². The summed E-state index contributed by atoms with van der Waals surface area (Å²) < 4.78 is 26.0. The fourth-order valence-corrected chi connectivity index (χ4v) is 3.90. The van der Waals surface area contributed by atoms with Crippen LogP contribution in [-0.4, -0.2) is 32.4 Å². The standard InChI is InChI=1S/C12H20N2O2S2/c1-5-6-14(4)18(15,16)12-7-11(9-17-12)8-13-10(2)3/h5,7,9-10,13H,1,6,8H2,2-4H3. The molecule has 1 N–H and O–H groups in total. The first kappa shape index (κ1) is 15.4. The highest BCUT2D eigenvalue weighted by molar-refractivity contribution is 7.91. The summed E-state index contributed by atoms with van der Waals surface area (Å²) in [6.45, 7) is 8.67. The zero-order chi connectivity index (χ0) is 13.8. The number of rotatable bonds is 7. The summed E-state index contributed by atoms with van der Waals surface area (Å²) in [5, 5.41) is 5.14. The number of nitrogens with one attached hydrogen (secondary N) is 1. The van der Waals surface area contributed by atoms with Gasteiger partial charge in [-0.3, -0.25) is 0 Å². The van der Waals surface area contributed by atoms with Crippen molar-refractivity contribution in [2.45, 2.75) is 30.6 Å². The molecule has 0 saturated carbocycles. The molecule has 0 aliphatic rings. The van der Waals surface area contributed by atoms with Gasteiger partial charge in [0.25, 0.3) is 10.0 Å². The number of hydrogen-bond acceptors (Lipinski definition) is 4. The Labute approximate surface area is 113 Å². The van der Waals surface area contributed by atoms with Gasteiger partial charge in [-0.15, -0.1) is 17.9 Å². The second-order valence-electron chi connectivity index (χ2n) is 4.38. The topological polar surface area (TPSA) is 49.4 Å². The van der Waals surface area contributed by atoms with E-state index in [0.29, 0.717) is 23.3 Å². The van der Waals surface area contributed by atoms with Crippen molar-refractivity contribution in [2.24, 2.45) is 0 Å². The molecule has 0 aliphatic carbocycles. The smallest absolute Gasteiger partial charge is 0.252 e. The Balaban J connectivity index is 2.81. The summed E-state index contributed by atoms with van der Waals surface area (Å²) in [5.41, 5.74) is 0.999. The second kappa shape index (κ2) is 6.47. The van der Waals surface area contributed by atoms with Crippen LogP contribution in [0.15, 0.2) is 28.3 Å². The molecule has 1 aromatic rings. The van der Waals surface area contributed by atoms with Gasteiger partial charge in [0.2, 0.25) is 0 Å². The molecule has 1 heterocycles. The van der Waals surface area contributed by atoms with Gasteiger partial charge in [0.1, 0.15) is 4.21 Å². The molecule has 0 aliphatic heterocycles. The van der Waals surface area contributed by atoms with Gasteiger partial charge in [0.05, 0.1) is 0 Å². The summed E-state index contributed by atoms with van der Waals surface area (Å²) in [4.78, 5) is 0. The van der Waals surface area contributed by atoms with Crippen molar-refractivity contribution < 1.29 is 8.42 Å². The number of nitrogens with zero attached hydrogens (tertiary/aromatic N) is 1. The molecule has 0 fully saturated rings. The van der Waals surface area contributed by atoms with Crippen LogP contribution in [0.2, 0.25) is 0 Å². The lowest BCUT2D eigenvalue weighted by Crippen LogP contribution is -2.26. The molecule has 4 nitrogen and oxygen atoms in total. The number of sulfonamides is 1. The first-order chi connectivity index (χ1) is 8.37. The SMILES string of the molecule is C=CCN(C)S(=O)(=O)c1cc(CNC(C)C)cs1. The van der Waals surface area contributed by atoms with E-state index in [2.05, 4.69) is 25.7 Å². The zero-order valence-corrected chi connectivity index (χ0v) is 12.6. The largest absolute Gasteiger partial charge is 0.310 e. The Bertz CT molecular complexity index is 492. The minimum atomic E-state index is -3.37. The van der Waals surface area contributed by atoms with E-state index in [0.717, 1.165) is 5.56 Å². The Morgan fingerprint density at radius 2 is 2.22 bits per heavy atom. The van der Waals surface area contributed by atoms with Gasteiger partial charge in [-0.1, -0.05) is 19.9 Å². The number of likely N-dealkylation sites (N-methyl/N-ethyl adjacent to an activating group) is 1. The minimum absolute atomic E-state index is 0.319. The molecule has 0 unspecified atom stereocenters. The van der Waals surface area contributed by atoms with Gasteiger partial charge in [0, 0.05) is 26.2 Å². The third kappa shape index (κ3) is 3.91. The Hall–Kier alpha value is -0.690. The molecule has 1 aromatic heterocycles. The van der Waals surface area contributed by atoms with Crippen LogP contribution < -0.4 is 5.32 Å². The Morgan fingerprint density at radius 1 is 1.56 bits per heavy atom. The lowest BCUT2D eigenvalue weighted by Gasteiger charge is -2.13. The summed E-state index contributed by atoms with van der Waals surface area (Å²) in [7, 11) is -1.81. The number of thiophene rings is 1. The van der Waals surface area contributed by atoms with Crippen molar-refractivity contribution in [3.05, 3.63) is 29.7 Å². The molecule has 0 atom stereocenters. The Kier molecular flexibility index (Phi) is 5.52.